The van der Waals surface area contributed by atoms with E-state index >= 15 is 0 Å². The standard InChI is InChI=1S/C14H15BrN2O3/c15-11-3-1-2-9-6-12(20-13(9)11)14(18)17-7-10-8-19-5-4-16-10/h1-3,6,10,16H,4-5,7-8H2,(H,17,18). The molecule has 106 valence electrons. The predicted octanol–water partition coefficient (Wildman–Crippen LogP) is 1.91. The molecule has 6 heteroatoms. The maximum atomic E-state index is 12.1. The minimum Gasteiger partial charge on any atom is -0.450 e. The molecule has 3 rings (SSSR count). The fraction of sp³-hybridized carbons (Fsp3) is 0.357. The van der Waals surface area contributed by atoms with Gasteiger partial charge in [0.1, 0.15) is 5.58 Å². The topological polar surface area (TPSA) is 63.5 Å². The Morgan fingerprint density at radius 2 is 2.40 bits per heavy atom. The van der Waals surface area contributed by atoms with Crippen LogP contribution in [0.2, 0.25) is 0 Å². The molecule has 2 heterocycles. The zero-order chi connectivity index (χ0) is 13.9. The quantitative estimate of drug-likeness (QED) is 0.897. The number of carbonyl (C=O) groups excluding carboxylic acids is 1. The van der Waals surface area contributed by atoms with E-state index in [1.54, 1.807) is 6.07 Å². The van der Waals surface area contributed by atoms with E-state index in [9.17, 15) is 4.79 Å². The maximum absolute atomic E-state index is 12.1. The number of para-hydroxylation sites is 1. The fourth-order valence-corrected chi connectivity index (χ4v) is 2.66. The van der Waals surface area contributed by atoms with Crippen molar-refractivity contribution in [1.29, 1.82) is 0 Å². The van der Waals surface area contributed by atoms with Crippen LogP contribution in [0.1, 0.15) is 10.6 Å². The molecule has 0 aliphatic carbocycles. The Kier molecular flexibility index (Phi) is 4.05. The molecule has 0 saturated carbocycles. The number of amides is 1. The first kappa shape index (κ1) is 13.6. The molecule has 2 aromatic rings. The molecule has 0 spiro atoms. The van der Waals surface area contributed by atoms with E-state index in [0.717, 1.165) is 23.0 Å². The second-order valence-corrected chi connectivity index (χ2v) is 5.56. The number of nitrogens with one attached hydrogen (secondary N) is 2. The Labute approximate surface area is 124 Å². The van der Waals surface area contributed by atoms with Crippen LogP contribution in [0.5, 0.6) is 0 Å². The molecule has 1 amide bonds. The monoisotopic (exact) mass is 338 g/mol. The van der Waals surface area contributed by atoms with Crippen LogP contribution >= 0.6 is 15.9 Å². The van der Waals surface area contributed by atoms with Gasteiger partial charge in [0.2, 0.25) is 0 Å². The normalized spacial score (nSPS) is 19.1. The zero-order valence-electron chi connectivity index (χ0n) is 10.8. The minimum atomic E-state index is -0.208. The van der Waals surface area contributed by atoms with E-state index in [2.05, 4.69) is 26.6 Å². The number of hydrogen-bond donors (Lipinski definition) is 2. The van der Waals surface area contributed by atoms with Crippen LogP contribution in [0.15, 0.2) is 33.2 Å². The molecular weight excluding hydrogens is 324 g/mol. The molecule has 1 atom stereocenters. The summed E-state index contributed by atoms with van der Waals surface area (Å²) < 4.78 is 11.8. The van der Waals surface area contributed by atoms with Gasteiger partial charge in [0.15, 0.2) is 5.76 Å². The van der Waals surface area contributed by atoms with E-state index in [1.807, 2.05) is 18.2 Å². The number of halogens is 1. The predicted molar refractivity (Wildman–Crippen MR) is 78.9 cm³/mol. The highest BCUT2D eigenvalue weighted by molar-refractivity contribution is 9.10. The summed E-state index contributed by atoms with van der Waals surface area (Å²) in [7, 11) is 0. The molecule has 0 bridgehead atoms. The number of fused-ring (bicyclic) bond motifs is 1. The van der Waals surface area contributed by atoms with Crippen molar-refractivity contribution < 1.29 is 13.9 Å². The lowest BCUT2D eigenvalue weighted by Crippen LogP contribution is -2.48. The van der Waals surface area contributed by atoms with Gasteiger partial charge in [-0.05, 0) is 28.1 Å². The summed E-state index contributed by atoms with van der Waals surface area (Å²) in [4.78, 5) is 12.1. The second kappa shape index (κ2) is 5.95. The van der Waals surface area contributed by atoms with Gasteiger partial charge in [-0.1, -0.05) is 12.1 Å². The molecule has 20 heavy (non-hydrogen) atoms. The van der Waals surface area contributed by atoms with Crippen molar-refractivity contribution in [1.82, 2.24) is 10.6 Å². The molecule has 1 unspecified atom stereocenters. The SMILES string of the molecule is O=C(NCC1COCCN1)c1cc2cccc(Br)c2o1. The fourth-order valence-electron chi connectivity index (χ4n) is 2.19. The summed E-state index contributed by atoms with van der Waals surface area (Å²) in [5, 5.41) is 7.05. The molecule has 1 saturated heterocycles. The first-order valence-electron chi connectivity index (χ1n) is 6.51. The Morgan fingerprint density at radius 3 is 3.15 bits per heavy atom. The molecule has 1 aromatic carbocycles. The summed E-state index contributed by atoms with van der Waals surface area (Å²) in [6.07, 6.45) is 0. The lowest BCUT2D eigenvalue weighted by molar-refractivity contribution is 0.0728. The van der Waals surface area contributed by atoms with Gasteiger partial charge in [-0.15, -0.1) is 0 Å². The average molecular weight is 339 g/mol. The summed E-state index contributed by atoms with van der Waals surface area (Å²) in [6.45, 7) is 2.68. The Hall–Kier alpha value is -1.37. The highest BCUT2D eigenvalue weighted by atomic mass is 79.9. The van der Waals surface area contributed by atoms with Crippen molar-refractivity contribution in [3.8, 4) is 0 Å². The van der Waals surface area contributed by atoms with E-state index < -0.39 is 0 Å². The van der Waals surface area contributed by atoms with Gasteiger partial charge in [0.25, 0.3) is 5.91 Å². The van der Waals surface area contributed by atoms with Gasteiger partial charge < -0.3 is 19.8 Å². The smallest absolute Gasteiger partial charge is 0.287 e. The zero-order valence-corrected chi connectivity index (χ0v) is 12.4. The van der Waals surface area contributed by atoms with E-state index in [1.165, 1.54) is 0 Å². The number of benzene rings is 1. The van der Waals surface area contributed by atoms with E-state index in [4.69, 9.17) is 9.15 Å². The van der Waals surface area contributed by atoms with Crippen molar-refractivity contribution in [3.05, 3.63) is 34.5 Å². The van der Waals surface area contributed by atoms with Gasteiger partial charge in [0, 0.05) is 24.5 Å². The summed E-state index contributed by atoms with van der Waals surface area (Å²) >= 11 is 3.41. The molecule has 1 fully saturated rings. The Morgan fingerprint density at radius 1 is 1.50 bits per heavy atom. The first-order valence-corrected chi connectivity index (χ1v) is 7.31. The highest BCUT2D eigenvalue weighted by Gasteiger charge is 2.17. The van der Waals surface area contributed by atoms with Crippen LogP contribution in [-0.4, -0.2) is 38.3 Å². The van der Waals surface area contributed by atoms with Gasteiger partial charge in [-0.3, -0.25) is 4.79 Å². The first-order chi connectivity index (χ1) is 9.74. The summed E-state index contributed by atoms with van der Waals surface area (Å²) in [5.41, 5.74) is 0.691. The average Bonchev–Trinajstić information content (AvgIpc) is 2.91. The number of ether oxygens (including phenoxy) is 1. The van der Waals surface area contributed by atoms with Gasteiger partial charge in [-0.25, -0.2) is 0 Å². The summed E-state index contributed by atoms with van der Waals surface area (Å²) in [6, 6.07) is 7.62. The van der Waals surface area contributed by atoms with Crippen molar-refractivity contribution in [2.75, 3.05) is 26.3 Å². The van der Waals surface area contributed by atoms with Crippen LogP contribution in [0.25, 0.3) is 11.0 Å². The molecular formula is C14H15BrN2O3. The van der Waals surface area contributed by atoms with Crippen molar-refractivity contribution in [2.24, 2.45) is 0 Å². The second-order valence-electron chi connectivity index (χ2n) is 4.70. The van der Waals surface area contributed by atoms with E-state index in [0.29, 0.717) is 24.5 Å². The molecule has 1 aromatic heterocycles. The molecule has 1 aliphatic heterocycles. The van der Waals surface area contributed by atoms with Gasteiger partial charge in [0.05, 0.1) is 17.7 Å². The van der Waals surface area contributed by atoms with Crippen LogP contribution in [0.3, 0.4) is 0 Å². The Bertz CT molecular complexity index is 620. The number of morpholine rings is 1. The third-order valence-electron chi connectivity index (χ3n) is 3.23. The third-order valence-corrected chi connectivity index (χ3v) is 3.85. The highest BCUT2D eigenvalue weighted by Crippen LogP contribution is 2.26. The molecule has 1 aliphatic rings. The van der Waals surface area contributed by atoms with Crippen LogP contribution in [-0.2, 0) is 4.74 Å². The molecule has 5 nitrogen and oxygen atoms in total. The largest absolute Gasteiger partial charge is 0.450 e. The van der Waals surface area contributed by atoms with E-state index in [-0.39, 0.29) is 11.9 Å². The van der Waals surface area contributed by atoms with Crippen molar-refractivity contribution in [2.45, 2.75) is 6.04 Å². The number of rotatable bonds is 3. The number of hydrogen-bond acceptors (Lipinski definition) is 4. The maximum Gasteiger partial charge on any atom is 0.287 e. The number of furan rings is 1. The van der Waals surface area contributed by atoms with Gasteiger partial charge >= 0.3 is 0 Å². The number of carbonyl (C=O) groups is 1. The Balaban J connectivity index is 1.67. The van der Waals surface area contributed by atoms with Gasteiger partial charge in [-0.2, -0.15) is 0 Å². The third kappa shape index (κ3) is 2.87. The van der Waals surface area contributed by atoms with Crippen molar-refractivity contribution in [3.63, 3.8) is 0 Å². The molecule has 2 N–H and O–H groups in total. The summed E-state index contributed by atoms with van der Waals surface area (Å²) in [5.74, 6) is 0.115. The molecule has 0 radical (unpaired) electrons. The minimum absolute atomic E-state index is 0.156. The van der Waals surface area contributed by atoms with Crippen molar-refractivity contribution >= 4 is 32.8 Å². The van der Waals surface area contributed by atoms with Crippen LogP contribution in [0, 0.1) is 0 Å². The van der Waals surface area contributed by atoms with Crippen LogP contribution < -0.4 is 10.6 Å². The lowest BCUT2D eigenvalue weighted by Gasteiger charge is -2.23. The lowest BCUT2D eigenvalue weighted by atomic mass is 10.2. The van der Waals surface area contributed by atoms with Crippen LogP contribution in [0.4, 0.5) is 0 Å².